The Balaban J connectivity index is 2.26. The van der Waals surface area contributed by atoms with Gasteiger partial charge >= 0.3 is 0 Å². The van der Waals surface area contributed by atoms with Crippen molar-refractivity contribution in [2.45, 2.75) is 12.8 Å². The molecule has 0 aliphatic carbocycles. The first-order valence-electron chi connectivity index (χ1n) is 5.25. The van der Waals surface area contributed by atoms with Crippen LogP contribution in [0.15, 0.2) is 39.3 Å². The SMILES string of the molecule is Cc1nc(Oc2ccc(Br)cc2Br)ccc1CCl. The van der Waals surface area contributed by atoms with Gasteiger partial charge in [0.2, 0.25) is 5.88 Å². The monoisotopic (exact) mass is 389 g/mol. The summed E-state index contributed by atoms with van der Waals surface area (Å²) in [5.41, 5.74) is 1.90. The molecule has 0 amide bonds. The average Bonchev–Trinajstić information content (AvgIpc) is 2.33. The van der Waals surface area contributed by atoms with E-state index in [0.717, 1.165) is 26.0 Å². The normalized spacial score (nSPS) is 10.4. The summed E-state index contributed by atoms with van der Waals surface area (Å²) in [5.74, 6) is 1.74. The molecule has 0 fully saturated rings. The lowest BCUT2D eigenvalue weighted by Gasteiger charge is -2.09. The number of hydrogen-bond acceptors (Lipinski definition) is 2. The third kappa shape index (κ3) is 3.25. The fourth-order valence-electron chi connectivity index (χ4n) is 1.44. The molecule has 0 aliphatic heterocycles. The van der Waals surface area contributed by atoms with Gasteiger partial charge in [-0.15, -0.1) is 11.6 Å². The van der Waals surface area contributed by atoms with Crippen molar-refractivity contribution in [3.8, 4) is 11.6 Å². The van der Waals surface area contributed by atoms with Crippen molar-refractivity contribution >= 4 is 43.5 Å². The third-order valence-corrected chi connectivity index (χ3v) is 3.82. The Hall–Kier alpha value is -0.580. The number of benzene rings is 1. The fraction of sp³-hybridized carbons (Fsp3) is 0.154. The van der Waals surface area contributed by atoms with Gasteiger partial charge in [0.1, 0.15) is 5.75 Å². The van der Waals surface area contributed by atoms with E-state index in [1.54, 1.807) is 0 Å². The fourth-order valence-corrected chi connectivity index (χ4v) is 2.85. The Bertz CT molecular complexity index is 575. The van der Waals surface area contributed by atoms with Gasteiger partial charge in [0.15, 0.2) is 0 Å². The molecule has 2 aromatic rings. The first-order chi connectivity index (χ1) is 8.60. The van der Waals surface area contributed by atoms with E-state index in [2.05, 4.69) is 36.8 Å². The summed E-state index contributed by atoms with van der Waals surface area (Å²) in [6.45, 7) is 1.92. The van der Waals surface area contributed by atoms with Crippen molar-refractivity contribution in [2.75, 3.05) is 0 Å². The summed E-state index contributed by atoms with van der Waals surface area (Å²) < 4.78 is 7.58. The molecular weight excluding hydrogens is 381 g/mol. The van der Waals surface area contributed by atoms with E-state index in [1.807, 2.05) is 37.3 Å². The largest absolute Gasteiger partial charge is 0.438 e. The zero-order valence-electron chi connectivity index (χ0n) is 9.58. The van der Waals surface area contributed by atoms with Gasteiger partial charge in [-0.1, -0.05) is 22.0 Å². The Morgan fingerprint density at radius 2 is 2.00 bits per heavy atom. The zero-order chi connectivity index (χ0) is 13.1. The van der Waals surface area contributed by atoms with E-state index in [4.69, 9.17) is 16.3 Å². The van der Waals surface area contributed by atoms with Crippen molar-refractivity contribution in [2.24, 2.45) is 0 Å². The van der Waals surface area contributed by atoms with Crippen LogP contribution in [0.3, 0.4) is 0 Å². The van der Waals surface area contributed by atoms with Crippen LogP contribution in [-0.2, 0) is 5.88 Å². The van der Waals surface area contributed by atoms with Crippen molar-refractivity contribution in [1.82, 2.24) is 4.98 Å². The van der Waals surface area contributed by atoms with Crippen LogP contribution in [0.5, 0.6) is 11.6 Å². The average molecular weight is 391 g/mol. The lowest BCUT2D eigenvalue weighted by atomic mass is 10.2. The van der Waals surface area contributed by atoms with E-state index < -0.39 is 0 Å². The minimum Gasteiger partial charge on any atom is -0.438 e. The van der Waals surface area contributed by atoms with E-state index >= 15 is 0 Å². The van der Waals surface area contributed by atoms with Crippen LogP contribution in [0.25, 0.3) is 0 Å². The Morgan fingerprint density at radius 3 is 2.61 bits per heavy atom. The summed E-state index contributed by atoms with van der Waals surface area (Å²) in [4.78, 5) is 4.36. The van der Waals surface area contributed by atoms with Crippen molar-refractivity contribution < 1.29 is 4.74 Å². The molecule has 18 heavy (non-hydrogen) atoms. The highest BCUT2D eigenvalue weighted by Crippen LogP contribution is 2.31. The molecular formula is C13H10Br2ClNO. The maximum absolute atomic E-state index is 5.79. The number of ether oxygens (including phenoxy) is 1. The summed E-state index contributed by atoms with van der Waals surface area (Å²) in [5, 5.41) is 0. The van der Waals surface area contributed by atoms with E-state index in [9.17, 15) is 0 Å². The number of rotatable bonds is 3. The predicted octanol–water partition coefficient (Wildman–Crippen LogP) is 5.45. The van der Waals surface area contributed by atoms with Crippen LogP contribution < -0.4 is 4.74 Å². The summed E-state index contributed by atoms with van der Waals surface area (Å²) in [6, 6.07) is 9.46. The van der Waals surface area contributed by atoms with Gasteiger partial charge in [-0.05, 0) is 46.6 Å². The Labute approximate surface area is 128 Å². The number of halogens is 3. The second-order valence-electron chi connectivity index (χ2n) is 3.70. The van der Waals surface area contributed by atoms with Crippen molar-refractivity contribution in [3.05, 3.63) is 50.5 Å². The predicted molar refractivity (Wildman–Crippen MR) is 80.4 cm³/mol. The smallest absolute Gasteiger partial charge is 0.219 e. The van der Waals surface area contributed by atoms with Crippen LogP contribution in [0.1, 0.15) is 11.3 Å². The molecule has 0 spiro atoms. The van der Waals surface area contributed by atoms with Gasteiger partial charge in [0.25, 0.3) is 0 Å². The minimum atomic E-state index is 0.459. The number of pyridine rings is 1. The van der Waals surface area contributed by atoms with Crippen molar-refractivity contribution in [1.29, 1.82) is 0 Å². The van der Waals surface area contributed by atoms with Gasteiger partial charge in [-0.2, -0.15) is 0 Å². The first-order valence-corrected chi connectivity index (χ1v) is 7.37. The molecule has 0 bridgehead atoms. The van der Waals surface area contributed by atoms with Crippen LogP contribution in [0.4, 0.5) is 0 Å². The molecule has 1 heterocycles. The number of aryl methyl sites for hydroxylation is 1. The summed E-state index contributed by atoms with van der Waals surface area (Å²) in [7, 11) is 0. The molecule has 94 valence electrons. The van der Waals surface area contributed by atoms with Crippen molar-refractivity contribution in [3.63, 3.8) is 0 Å². The maximum Gasteiger partial charge on any atom is 0.219 e. The lowest BCUT2D eigenvalue weighted by molar-refractivity contribution is 0.458. The molecule has 0 aliphatic rings. The van der Waals surface area contributed by atoms with E-state index in [1.165, 1.54) is 0 Å². The maximum atomic E-state index is 5.79. The van der Waals surface area contributed by atoms with Gasteiger partial charge in [0.05, 0.1) is 4.47 Å². The van der Waals surface area contributed by atoms with Crippen LogP contribution >= 0.6 is 43.5 Å². The molecule has 0 N–H and O–H groups in total. The zero-order valence-corrected chi connectivity index (χ0v) is 13.5. The molecule has 2 nitrogen and oxygen atoms in total. The van der Waals surface area contributed by atoms with Gasteiger partial charge in [0, 0.05) is 22.1 Å². The Morgan fingerprint density at radius 1 is 1.22 bits per heavy atom. The number of hydrogen-bond donors (Lipinski definition) is 0. The molecule has 0 radical (unpaired) electrons. The molecule has 0 saturated heterocycles. The van der Waals surface area contributed by atoms with E-state index in [-0.39, 0.29) is 0 Å². The lowest BCUT2D eigenvalue weighted by Crippen LogP contribution is -1.94. The molecule has 1 aromatic carbocycles. The second kappa shape index (κ2) is 6.04. The topological polar surface area (TPSA) is 22.1 Å². The quantitative estimate of drug-likeness (QED) is 0.650. The van der Waals surface area contributed by atoms with Gasteiger partial charge in [-0.25, -0.2) is 4.98 Å². The van der Waals surface area contributed by atoms with Crippen LogP contribution in [-0.4, -0.2) is 4.98 Å². The highest BCUT2D eigenvalue weighted by molar-refractivity contribution is 9.11. The highest BCUT2D eigenvalue weighted by atomic mass is 79.9. The highest BCUT2D eigenvalue weighted by Gasteiger charge is 2.06. The number of alkyl halides is 1. The first kappa shape index (κ1) is 13.8. The minimum absolute atomic E-state index is 0.459. The van der Waals surface area contributed by atoms with E-state index in [0.29, 0.717) is 11.8 Å². The standard InChI is InChI=1S/C13H10Br2ClNO/c1-8-9(7-16)2-5-13(17-8)18-12-4-3-10(14)6-11(12)15/h2-6H,7H2,1H3. The van der Waals surface area contributed by atoms with Gasteiger partial charge in [-0.3, -0.25) is 0 Å². The summed E-state index contributed by atoms with van der Waals surface area (Å²) in [6.07, 6.45) is 0. The molecule has 0 atom stereocenters. The third-order valence-electron chi connectivity index (χ3n) is 2.42. The number of aromatic nitrogens is 1. The number of nitrogens with zero attached hydrogens (tertiary/aromatic N) is 1. The van der Waals surface area contributed by atoms with Gasteiger partial charge < -0.3 is 4.74 Å². The molecule has 0 unspecified atom stereocenters. The molecule has 5 heteroatoms. The van der Waals surface area contributed by atoms with Crippen LogP contribution in [0.2, 0.25) is 0 Å². The molecule has 0 saturated carbocycles. The molecule has 1 aromatic heterocycles. The van der Waals surface area contributed by atoms with Crippen LogP contribution in [0, 0.1) is 6.92 Å². The Kier molecular flexibility index (Phi) is 4.65. The summed E-state index contributed by atoms with van der Waals surface area (Å²) >= 11 is 12.6. The molecule has 2 rings (SSSR count). The second-order valence-corrected chi connectivity index (χ2v) is 5.74.